The van der Waals surface area contributed by atoms with Gasteiger partial charge in [0, 0.05) is 37.1 Å². The molecule has 1 aliphatic rings. The lowest BCUT2D eigenvalue weighted by Crippen LogP contribution is -2.36. The maximum atomic E-state index is 13.3. The second kappa shape index (κ2) is 10.1. The number of nitrogens with zero attached hydrogens (tertiary/aromatic N) is 3. The number of piperidine rings is 1. The fourth-order valence-electron chi connectivity index (χ4n) is 3.80. The van der Waals surface area contributed by atoms with Crippen molar-refractivity contribution in [3.05, 3.63) is 66.0 Å². The summed E-state index contributed by atoms with van der Waals surface area (Å²) in [4.78, 5) is 36.7. The Morgan fingerprint density at radius 3 is 2.18 bits per heavy atom. The maximum Gasteiger partial charge on any atom is 0.258 e. The second-order valence-electron chi connectivity index (χ2n) is 7.72. The summed E-state index contributed by atoms with van der Waals surface area (Å²) in [6.07, 6.45) is 5.98. The highest BCUT2D eigenvalue weighted by molar-refractivity contribution is 6.09. The van der Waals surface area contributed by atoms with Crippen LogP contribution in [-0.2, 0) is 0 Å². The number of likely N-dealkylation sites (tertiary alicyclic amines) is 1. The Labute approximate surface area is 192 Å². The van der Waals surface area contributed by atoms with E-state index in [0.29, 0.717) is 41.7 Å². The molecule has 0 saturated carbocycles. The zero-order valence-electron chi connectivity index (χ0n) is 18.7. The van der Waals surface area contributed by atoms with Crippen molar-refractivity contribution in [3.8, 4) is 22.9 Å². The number of hydrogen-bond acceptors (Lipinski definition) is 6. The maximum absolute atomic E-state index is 13.3. The Hall–Kier alpha value is -3.94. The van der Waals surface area contributed by atoms with Crippen LogP contribution in [0.4, 0.5) is 5.69 Å². The molecular formula is C25H26N4O4. The molecule has 1 aromatic heterocycles. The SMILES string of the molecule is COc1cc(NC(=O)c2cnc(-c3ccccc3)nc2)c(C(=O)N2CCCCC2)cc1OC. The standard InChI is InChI=1S/C25H26N4O4/c1-32-21-13-19(25(31)29-11-7-4-8-12-29)20(14-22(21)33-2)28-24(30)18-15-26-23(27-16-18)17-9-5-3-6-10-17/h3,5-6,9-10,13-16H,4,7-8,11-12H2,1-2H3,(H,28,30). The highest BCUT2D eigenvalue weighted by Gasteiger charge is 2.24. The Morgan fingerprint density at radius 1 is 0.909 bits per heavy atom. The molecule has 8 heteroatoms. The highest BCUT2D eigenvalue weighted by atomic mass is 16.5. The van der Waals surface area contributed by atoms with E-state index >= 15 is 0 Å². The molecule has 2 heterocycles. The van der Waals surface area contributed by atoms with E-state index in [0.717, 1.165) is 24.8 Å². The molecule has 1 aliphatic heterocycles. The van der Waals surface area contributed by atoms with Crippen LogP contribution < -0.4 is 14.8 Å². The summed E-state index contributed by atoms with van der Waals surface area (Å²) < 4.78 is 10.8. The van der Waals surface area contributed by atoms with E-state index in [9.17, 15) is 9.59 Å². The van der Waals surface area contributed by atoms with Crippen molar-refractivity contribution in [3.63, 3.8) is 0 Å². The zero-order valence-corrected chi connectivity index (χ0v) is 18.7. The number of hydrogen-bond donors (Lipinski definition) is 1. The van der Waals surface area contributed by atoms with Crippen LogP contribution in [0, 0.1) is 0 Å². The number of benzene rings is 2. The minimum atomic E-state index is -0.422. The van der Waals surface area contributed by atoms with Crippen molar-refractivity contribution in [2.45, 2.75) is 19.3 Å². The van der Waals surface area contributed by atoms with Crippen LogP contribution in [0.1, 0.15) is 40.0 Å². The van der Waals surface area contributed by atoms with Gasteiger partial charge in [0.2, 0.25) is 0 Å². The second-order valence-corrected chi connectivity index (χ2v) is 7.72. The van der Waals surface area contributed by atoms with Crippen molar-refractivity contribution in [1.29, 1.82) is 0 Å². The molecule has 170 valence electrons. The van der Waals surface area contributed by atoms with E-state index in [1.807, 2.05) is 30.3 Å². The molecule has 8 nitrogen and oxygen atoms in total. The fourth-order valence-corrected chi connectivity index (χ4v) is 3.80. The van der Waals surface area contributed by atoms with Gasteiger partial charge in [-0.25, -0.2) is 9.97 Å². The Bertz CT molecular complexity index is 1130. The number of carbonyl (C=O) groups is 2. The van der Waals surface area contributed by atoms with Gasteiger partial charge in [0.1, 0.15) is 0 Å². The third-order valence-corrected chi connectivity index (χ3v) is 5.59. The monoisotopic (exact) mass is 446 g/mol. The summed E-state index contributed by atoms with van der Waals surface area (Å²) in [5, 5.41) is 2.83. The van der Waals surface area contributed by atoms with Crippen molar-refractivity contribution in [2.75, 3.05) is 32.6 Å². The molecule has 0 aliphatic carbocycles. The number of aromatic nitrogens is 2. The quantitative estimate of drug-likeness (QED) is 0.614. The molecule has 2 amide bonds. The lowest BCUT2D eigenvalue weighted by Gasteiger charge is -2.28. The van der Waals surface area contributed by atoms with Crippen LogP contribution in [0.3, 0.4) is 0 Å². The Kier molecular flexibility index (Phi) is 6.83. The van der Waals surface area contributed by atoms with E-state index < -0.39 is 5.91 Å². The summed E-state index contributed by atoms with van der Waals surface area (Å²) in [5.41, 5.74) is 1.84. The number of amides is 2. The number of carbonyl (C=O) groups excluding carboxylic acids is 2. The summed E-state index contributed by atoms with van der Waals surface area (Å²) in [6, 6.07) is 12.7. The van der Waals surface area contributed by atoms with Crippen LogP contribution in [0.15, 0.2) is 54.9 Å². The largest absolute Gasteiger partial charge is 0.493 e. The predicted octanol–water partition coefficient (Wildman–Crippen LogP) is 4.04. The van der Waals surface area contributed by atoms with E-state index in [-0.39, 0.29) is 11.5 Å². The molecular weight excluding hydrogens is 420 g/mol. The Morgan fingerprint density at radius 2 is 1.55 bits per heavy atom. The molecule has 2 aromatic carbocycles. The number of anilines is 1. The van der Waals surface area contributed by atoms with E-state index in [1.54, 1.807) is 17.0 Å². The third-order valence-electron chi connectivity index (χ3n) is 5.59. The van der Waals surface area contributed by atoms with E-state index in [4.69, 9.17) is 9.47 Å². The fraction of sp³-hybridized carbons (Fsp3) is 0.280. The predicted molar refractivity (Wildman–Crippen MR) is 125 cm³/mol. The lowest BCUT2D eigenvalue weighted by molar-refractivity contribution is 0.0725. The lowest BCUT2D eigenvalue weighted by atomic mass is 10.1. The van der Waals surface area contributed by atoms with Gasteiger partial charge in [-0.2, -0.15) is 0 Å². The average molecular weight is 447 g/mol. The minimum Gasteiger partial charge on any atom is -0.493 e. The van der Waals surface area contributed by atoms with Gasteiger partial charge in [0.25, 0.3) is 11.8 Å². The molecule has 1 saturated heterocycles. The normalized spacial score (nSPS) is 13.3. The van der Waals surface area contributed by atoms with Crippen molar-refractivity contribution < 1.29 is 19.1 Å². The van der Waals surface area contributed by atoms with Gasteiger partial charge in [-0.15, -0.1) is 0 Å². The molecule has 3 aromatic rings. The Balaban J connectivity index is 1.61. The molecule has 4 rings (SSSR count). The molecule has 0 atom stereocenters. The first kappa shape index (κ1) is 22.3. The molecule has 0 unspecified atom stereocenters. The first-order chi connectivity index (χ1) is 16.1. The first-order valence-electron chi connectivity index (χ1n) is 10.8. The first-order valence-corrected chi connectivity index (χ1v) is 10.8. The minimum absolute atomic E-state index is 0.151. The van der Waals surface area contributed by atoms with Crippen LogP contribution in [0.2, 0.25) is 0 Å². The van der Waals surface area contributed by atoms with Crippen LogP contribution >= 0.6 is 0 Å². The molecule has 1 N–H and O–H groups in total. The van der Waals surface area contributed by atoms with Gasteiger partial charge in [0.15, 0.2) is 17.3 Å². The van der Waals surface area contributed by atoms with Crippen molar-refractivity contribution in [2.24, 2.45) is 0 Å². The molecule has 33 heavy (non-hydrogen) atoms. The summed E-state index contributed by atoms with van der Waals surface area (Å²) in [5.74, 6) is 0.792. The molecule has 0 spiro atoms. The van der Waals surface area contributed by atoms with Crippen molar-refractivity contribution in [1.82, 2.24) is 14.9 Å². The average Bonchev–Trinajstić information content (AvgIpc) is 2.89. The van der Waals surface area contributed by atoms with Gasteiger partial charge in [-0.3, -0.25) is 9.59 Å². The number of methoxy groups -OCH3 is 2. The molecule has 0 bridgehead atoms. The van der Waals surface area contributed by atoms with Crippen LogP contribution in [0.25, 0.3) is 11.4 Å². The topological polar surface area (TPSA) is 93.7 Å². The summed E-state index contributed by atoms with van der Waals surface area (Å²) >= 11 is 0. The summed E-state index contributed by atoms with van der Waals surface area (Å²) in [7, 11) is 3.02. The van der Waals surface area contributed by atoms with Gasteiger partial charge >= 0.3 is 0 Å². The van der Waals surface area contributed by atoms with Crippen molar-refractivity contribution >= 4 is 17.5 Å². The van der Waals surface area contributed by atoms with Gasteiger partial charge < -0.3 is 19.7 Å². The third kappa shape index (κ3) is 4.95. The smallest absolute Gasteiger partial charge is 0.258 e. The van der Waals surface area contributed by atoms with E-state index in [2.05, 4.69) is 15.3 Å². The molecule has 1 fully saturated rings. The summed E-state index contributed by atoms with van der Waals surface area (Å²) in [6.45, 7) is 1.38. The van der Waals surface area contributed by atoms with E-state index in [1.165, 1.54) is 26.6 Å². The number of rotatable bonds is 6. The van der Waals surface area contributed by atoms with Gasteiger partial charge in [0.05, 0.1) is 31.0 Å². The number of nitrogens with one attached hydrogen (secondary N) is 1. The highest BCUT2D eigenvalue weighted by Crippen LogP contribution is 2.34. The molecule has 0 radical (unpaired) electrons. The number of ether oxygens (including phenoxy) is 2. The van der Waals surface area contributed by atoms with Gasteiger partial charge in [-0.1, -0.05) is 30.3 Å². The zero-order chi connectivity index (χ0) is 23.2. The van der Waals surface area contributed by atoms with Crippen LogP contribution in [0.5, 0.6) is 11.5 Å². The van der Waals surface area contributed by atoms with Gasteiger partial charge in [-0.05, 0) is 25.3 Å². The van der Waals surface area contributed by atoms with Crippen LogP contribution in [-0.4, -0.2) is 54.0 Å².